The summed E-state index contributed by atoms with van der Waals surface area (Å²) >= 11 is 0. The maximum atomic E-state index is 5.82. The lowest BCUT2D eigenvalue weighted by molar-refractivity contribution is 0.507. The molecule has 84 valence electrons. The molecule has 0 aliphatic heterocycles. The van der Waals surface area contributed by atoms with E-state index in [1.165, 1.54) is 5.56 Å². The molecular formula is C13H16N2O. The standard InChI is InChI=1S/C13H16N2O/c1-10-6-11(14)8-12(7-10)15(2)9-13-4-3-5-16-13/h3-8H,9,14H2,1-2H3. The monoisotopic (exact) mass is 216 g/mol. The molecule has 2 aromatic rings. The quantitative estimate of drug-likeness (QED) is 0.802. The van der Waals surface area contributed by atoms with Crippen LogP contribution in [0.4, 0.5) is 11.4 Å². The Morgan fingerprint density at radius 1 is 1.31 bits per heavy atom. The van der Waals surface area contributed by atoms with E-state index in [4.69, 9.17) is 10.2 Å². The third-order valence-electron chi connectivity index (χ3n) is 2.50. The molecule has 0 aliphatic rings. The molecule has 0 amide bonds. The van der Waals surface area contributed by atoms with Crippen LogP contribution in [-0.2, 0) is 6.54 Å². The summed E-state index contributed by atoms with van der Waals surface area (Å²) in [5, 5.41) is 0. The van der Waals surface area contributed by atoms with E-state index in [0.717, 1.165) is 23.7 Å². The molecular weight excluding hydrogens is 200 g/mol. The first-order valence-corrected chi connectivity index (χ1v) is 5.26. The van der Waals surface area contributed by atoms with Gasteiger partial charge in [0, 0.05) is 18.4 Å². The highest BCUT2D eigenvalue weighted by Crippen LogP contribution is 2.20. The van der Waals surface area contributed by atoms with E-state index in [1.807, 2.05) is 38.2 Å². The number of nitrogens with two attached hydrogens (primary N) is 1. The summed E-state index contributed by atoms with van der Waals surface area (Å²) in [4.78, 5) is 2.11. The van der Waals surface area contributed by atoms with Crippen LogP contribution in [0.1, 0.15) is 11.3 Å². The molecule has 0 aliphatic carbocycles. The van der Waals surface area contributed by atoms with E-state index >= 15 is 0 Å². The number of rotatable bonds is 3. The summed E-state index contributed by atoms with van der Waals surface area (Å²) in [6, 6.07) is 9.91. The van der Waals surface area contributed by atoms with Gasteiger partial charge in [-0.3, -0.25) is 0 Å². The van der Waals surface area contributed by atoms with Crippen molar-refractivity contribution in [2.75, 3.05) is 17.7 Å². The van der Waals surface area contributed by atoms with Crippen LogP contribution in [0.2, 0.25) is 0 Å². The van der Waals surface area contributed by atoms with Gasteiger partial charge in [0.25, 0.3) is 0 Å². The fourth-order valence-electron chi connectivity index (χ4n) is 1.74. The van der Waals surface area contributed by atoms with Crippen LogP contribution in [0.25, 0.3) is 0 Å². The van der Waals surface area contributed by atoms with Crippen LogP contribution >= 0.6 is 0 Å². The minimum absolute atomic E-state index is 0.746. The van der Waals surface area contributed by atoms with Crippen molar-refractivity contribution in [3.8, 4) is 0 Å². The second-order valence-corrected chi connectivity index (χ2v) is 4.04. The Labute approximate surface area is 95.5 Å². The highest BCUT2D eigenvalue weighted by molar-refractivity contribution is 5.57. The molecule has 2 rings (SSSR count). The molecule has 2 N–H and O–H groups in total. The average Bonchev–Trinajstić information content (AvgIpc) is 2.68. The first kappa shape index (κ1) is 10.6. The van der Waals surface area contributed by atoms with Crippen molar-refractivity contribution >= 4 is 11.4 Å². The van der Waals surface area contributed by atoms with Crippen LogP contribution in [-0.4, -0.2) is 7.05 Å². The molecule has 3 heteroatoms. The van der Waals surface area contributed by atoms with Gasteiger partial charge < -0.3 is 15.1 Å². The molecule has 0 bridgehead atoms. The topological polar surface area (TPSA) is 42.4 Å². The fourth-order valence-corrected chi connectivity index (χ4v) is 1.74. The van der Waals surface area contributed by atoms with Crippen molar-refractivity contribution < 1.29 is 4.42 Å². The zero-order valence-corrected chi connectivity index (χ0v) is 9.60. The van der Waals surface area contributed by atoms with Crippen molar-refractivity contribution in [3.05, 3.63) is 47.9 Å². The second-order valence-electron chi connectivity index (χ2n) is 4.04. The zero-order valence-electron chi connectivity index (χ0n) is 9.60. The Kier molecular flexibility index (Phi) is 2.86. The van der Waals surface area contributed by atoms with Crippen molar-refractivity contribution in [2.45, 2.75) is 13.5 Å². The SMILES string of the molecule is Cc1cc(N)cc(N(C)Cc2ccco2)c1. The summed E-state index contributed by atoms with van der Waals surface area (Å²) in [5.41, 5.74) is 8.89. The summed E-state index contributed by atoms with van der Waals surface area (Å²) in [7, 11) is 2.02. The van der Waals surface area contributed by atoms with Crippen molar-refractivity contribution in [1.82, 2.24) is 0 Å². The van der Waals surface area contributed by atoms with Crippen molar-refractivity contribution in [1.29, 1.82) is 0 Å². The average molecular weight is 216 g/mol. The molecule has 0 unspecified atom stereocenters. The molecule has 0 spiro atoms. The van der Waals surface area contributed by atoms with Gasteiger partial charge in [-0.2, -0.15) is 0 Å². The third-order valence-corrected chi connectivity index (χ3v) is 2.50. The molecule has 1 heterocycles. The number of anilines is 2. The predicted octanol–water partition coefficient (Wildman–Crippen LogP) is 2.81. The Hall–Kier alpha value is -1.90. The zero-order chi connectivity index (χ0) is 11.5. The molecule has 0 fully saturated rings. The van der Waals surface area contributed by atoms with Crippen LogP contribution in [0.5, 0.6) is 0 Å². The van der Waals surface area contributed by atoms with Gasteiger partial charge in [-0.25, -0.2) is 0 Å². The number of furan rings is 1. The van der Waals surface area contributed by atoms with Crippen LogP contribution in [0.15, 0.2) is 41.0 Å². The fraction of sp³-hybridized carbons (Fsp3) is 0.231. The lowest BCUT2D eigenvalue weighted by Crippen LogP contribution is -2.16. The summed E-state index contributed by atoms with van der Waals surface area (Å²) in [6.45, 7) is 2.79. The largest absolute Gasteiger partial charge is 0.467 e. The Morgan fingerprint density at radius 2 is 2.12 bits per heavy atom. The first-order valence-electron chi connectivity index (χ1n) is 5.26. The van der Waals surface area contributed by atoms with Crippen LogP contribution < -0.4 is 10.6 Å². The van der Waals surface area contributed by atoms with E-state index in [9.17, 15) is 0 Å². The first-order chi connectivity index (χ1) is 7.65. The Balaban J connectivity index is 2.17. The van der Waals surface area contributed by atoms with E-state index in [2.05, 4.69) is 11.0 Å². The lowest BCUT2D eigenvalue weighted by atomic mass is 10.2. The van der Waals surface area contributed by atoms with E-state index in [1.54, 1.807) is 6.26 Å². The summed E-state index contributed by atoms with van der Waals surface area (Å²) < 4.78 is 5.31. The van der Waals surface area contributed by atoms with Gasteiger partial charge in [-0.15, -0.1) is 0 Å². The molecule has 0 radical (unpaired) electrons. The Bertz CT molecular complexity index is 443. The van der Waals surface area contributed by atoms with Crippen molar-refractivity contribution in [3.63, 3.8) is 0 Å². The van der Waals surface area contributed by atoms with E-state index in [-0.39, 0.29) is 0 Å². The van der Waals surface area contributed by atoms with E-state index < -0.39 is 0 Å². The van der Waals surface area contributed by atoms with Gasteiger partial charge in [0.15, 0.2) is 0 Å². The molecule has 1 aromatic carbocycles. The Morgan fingerprint density at radius 3 is 2.75 bits per heavy atom. The lowest BCUT2D eigenvalue weighted by Gasteiger charge is -2.19. The smallest absolute Gasteiger partial charge is 0.123 e. The highest BCUT2D eigenvalue weighted by Gasteiger charge is 2.05. The van der Waals surface area contributed by atoms with Gasteiger partial charge >= 0.3 is 0 Å². The highest BCUT2D eigenvalue weighted by atomic mass is 16.3. The van der Waals surface area contributed by atoms with Crippen LogP contribution in [0.3, 0.4) is 0 Å². The molecule has 0 atom stereocenters. The van der Waals surface area contributed by atoms with E-state index in [0.29, 0.717) is 0 Å². The molecule has 0 saturated carbocycles. The minimum atomic E-state index is 0.746. The predicted molar refractivity (Wildman–Crippen MR) is 66.4 cm³/mol. The number of benzene rings is 1. The third kappa shape index (κ3) is 2.37. The number of hydrogen-bond acceptors (Lipinski definition) is 3. The van der Waals surface area contributed by atoms with Gasteiger partial charge in [-0.05, 0) is 42.8 Å². The second kappa shape index (κ2) is 4.31. The normalized spacial score (nSPS) is 10.4. The summed E-state index contributed by atoms with van der Waals surface area (Å²) in [6.07, 6.45) is 1.69. The molecule has 0 saturated heterocycles. The number of hydrogen-bond donors (Lipinski definition) is 1. The van der Waals surface area contributed by atoms with Gasteiger partial charge in [-0.1, -0.05) is 0 Å². The maximum Gasteiger partial charge on any atom is 0.123 e. The van der Waals surface area contributed by atoms with Crippen molar-refractivity contribution in [2.24, 2.45) is 0 Å². The molecule has 1 aromatic heterocycles. The van der Waals surface area contributed by atoms with Crippen LogP contribution in [0, 0.1) is 6.92 Å². The minimum Gasteiger partial charge on any atom is -0.467 e. The maximum absolute atomic E-state index is 5.82. The molecule has 3 nitrogen and oxygen atoms in total. The van der Waals surface area contributed by atoms with Gasteiger partial charge in [0.2, 0.25) is 0 Å². The molecule has 16 heavy (non-hydrogen) atoms. The van der Waals surface area contributed by atoms with Gasteiger partial charge in [0.05, 0.1) is 12.8 Å². The van der Waals surface area contributed by atoms with Gasteiger partial charge in [0.1, 0.15) is 5.76 Å². The number of nitrogens with zero attached hydrogens (tertiary/aromatic N) is 1. The number of nitrogen functional groups attached to an aromatic ring is 1. The number of aryl methyl sites for hydroxylation is 1. The summed E-state index contributed by atoms with van der Waals surface area (Å²) in [5.74, 6) is 0.947.